The first-order valence-electron chi connectivity index (χ1n) is 3.70. The summed E-state index contributed by atoms with van der Waals surface area (Å²) in [7, 11) is -5.39. The van der Waals surface area contributed by atoms with E-state index in [9.17, 15) is 8.42 Å². The number of hydrogen-bond donors (Lipinski definition) is 0. The Morgan fingerprint density at radius 3 is 2.00 bits per heavy atom. The molecule has 0 saturated heterocycles. The third kappa shape index (κ3) is 3.35. The van der Waals surface area contributed by atoms with Crippen LogP contribution in [0.2, 0.25) is 19.6 Å². The van der Waals surface area contributed by atoms with Gasteiger partial charge in [-0.1, -0.05) is 26.6 Å². The Morgan fingerprint density at radius 1 is 1.27 bits per heavy atom. The highest BCUT2D eigenvalue weighted by Crippen LogP contribution is 2.12. The fraction of sp³-hybridized carbons (Fsp3) is 1.00. The zero-order chi connectivity index (χ0) is 9.12. The molecule has 0 N–H and O–H groups in total. The number of rotatable bonds is 4. The van der Waals surface area contributed by atoms with Crippen LogP contribution in [-0.4, -0.2) is 22.2 Å². The van der Waals surface area contributed by atoms with Crippen LogP contribution in [-0.2, 0) is 13.8 Å². The van der Waals surface area contributed by atoms with Gasteiger partial charge < -0.3 is 0 Å². The normalized spacial score (nSPS) is 13.5. The van der Waals surface area contributed by atoms with Crippen LogP contribution in [0.3, 0.4) is 0 Å². The zero-order valence-electron chi connectivity index (χ0n) is 7.55. The maximum absolute atomic E-state index is 11.3. The van der Waals surface area contributed by atoms with Crippen molar-refractivity contribution in [1.29, 1.82) is 0 Å². The molecule has 0 aromatic rings. The van der Waals surface area contributed by atoms with Crippen LogP contribution >= 0.6 is 0 Å². The Balaban J connectivity index is 4.26. The standard InChI is InChI=1S/C6H16O3SSi/c1-5-6-9-10(7,8)11(2,3)4/h5-6H2,1-4H3. The van der Waals surface area contributed by atoms with Crippen molar-refractivity contribution in [3.63, 3.8) is 0 Å². The van der Waals surface area contributed by atoms with Gasteiger partial charge in [0.2, 0.25) is 16.8 Å². The molecule has 0 atom stereocenters. The topological polar surface area (TPSA) is 43.4 Å². The van der Waals surface area contributed by atoms with E-state index in [2.05, 4.69) is 0 Å². The van der Waals surface area contributed by atoms with Gasteiger partial charge in [-0.05, 0) is 6.42 Å². The molecule has 0 aromatic carbocycles. The monoisotopic (exact) mass is 196 g/mol. The van der Waals surface area contributed by atoms with E-state index in [0.29, 0.717) is 6.61 Å². The molecule has 0 radical (unpaired) electrons. The van der Waals surface area contributed by atoms with Gasteiger partial charge in [-0.2, -0.15) is 0 Å². The highest BCUT2D eigenvalue weighted by molar-refractivity contribution is 8.18. The summed E-state index contributed by atoms with van der Waals surface area (Å²) < 4.78 is 27.3. The highest BCUT2D eigenvalue weighted by Gasteiger charge is 2.32. The van der Waals surface area contributed by atoms with Crippen molar-refractivity contribution in [3.8, 4) is 0 Å². The number of hydrogen-bond acceptors (Lipinski definition) is 3. The summed E-state index contributed by atoms with van der Waals surface area (Å²) in [4.78, 5) is 0. The molecule has 0 aliphatic rings. The lowest BCUT2D eigenvalue weighted by Crippen LogP contribution is -2.35. The molecule has 5 heteroatoms. The van der Waals surface area contributed by atoms with Gasteiger partial charge in [0.25, 0.3) is 0 Å². The quantitative estimate of drug-likeness (QED) is 0.641. The van der Waals surface area contributed by atoms with Gasteiger partial charge in [0, 0.05) is 0 Å². The minimum absolute atomic E-state index is 0.312. The molecule has 68 valence electrons. The lowest BCUT2D eigenvalue weighted by molar-refractivity contribution is 0.326. The van der Waals surface area contributed by atoms with E-state index in [0.717, 1.165) is 6.42 Å². The van der Waals surface area contributed by atoms with Crippen LogP contribution in [0.5, 0.6) is 0 Å². The largest absolute Gasteiger partial charge is 0.276 e. The first-order valence-corrected chi connectivity index (χ1v) is 9.33. The second-order valence-electron chi connectivity index (χ2n) is 3.39. The van der Waals surface area contributed by atoms with E-state index in [1.54, 1.807) is 19.6 Å². The third-order valence-electron chi connectivity index (χ3n) is 1.19. The van der Waals surface area contributed by atoms with Gasteiger partial charge in [-0.25, -0.2) is 8.42 Å². The first-order chi connectivity index (χ1) is 4.81. The van der Waals surface area contributed by atoms with Crippen molar-refractivity contribution in [1.82, 2.24) is 0 Å². The van der Waals surface area contributed by atoms with Gasteiger partial charge >= 0.3 is 0 Å². The van der Waals surface area contributed by atoms with E-state index < -0.39 is 16.8 Å². The van der Waals surface area contributed by atoms with Crippen molar-refractivity contribution in [2.45, 2.75) is 33.0 Å². The Hall–Kier alpha value is 0.127. The van der Waals surface area contributed by atoms with Crippen LogP contribution in [0.1, 0.15) is 13.3 Å². The van der Waals surface area contributed by atoms with E-state index in [1.807, 2.05) is 6.92 Å². The third-order valence-corrected chi connectivity index (χ3v) is 8.02. The molecule has 11 heavy (non-hydrogen) atoms. The van der Waals surface area contributed by atoms with Crippen LogP contribution in [0, 0.1) is 0 Å². The van der Waals surface area contributed by atoms with Gasteiger partial charge in [0.1, 0.15) is 0 Å². The average Bonchev–Trinajstić information content (AvgIpc) is 1.81. The van der Waals surface area contributed by atoms with E-state index in [-0.39, 0.29) is 0 Å². The van der Waals surface area contributed by atoms with E-state index in [1.165, 1.54) is 0 Å². The van der Waals surface area contributed by atoms with Crippen LogP contribution in [0.4, 0.5) is 0 Å². The second kappa shape index (κ2) is 3.69. The summed E-state index contributed by atoms with van der Waals surface area (Å²) in [6, 6.07) is 0. The van der Waals surface area contributed by atoms with E-state index >= 15 is 0 Å². The van der Waals surface area contributed by atoms with Gasteiger partial charge in [-0.15, -0.1) is 0 Å². The molecule has 0 aromatic heterocycles. The summed E-state index contributed by atoms with van der Waals surface area (Å²) in [6.07, 6.45) is 0.740. The predicted octanol–water partition coefficient (Wildman–Crippen LogP) is 1.58. The highest BCUT2D eigenvalue weighted by atomic mass is 32.4. The van der Waals surface area contributed by atoms with E-state index in [4.69, 9.17) is 4.18 Å². The summed E-state index contributed by atoms with van der Waals surface area (Å²) in [5, 5.41) is 0. The Bertz CT molecular complexity index is 202. The predicted molar refractivity (Wildman–Crippen MR) is 48.5 cm³/mol. The fourth-order valence-corrected chi connectivity index (χ4v) is 2.42. The first kappa shape index (κ1) is 11.1. The molecule has 0 aliphatic heterocycles. The molecule has 0 bridgehead atoms. The van der Waals surface area contributed by atoms with Crippen molar-refractivity contribution in [2.75, 3.05) is 6.61 Å². The Labute approximate surface area is 69.5 Å². The molecule has 0 aliphatic carbocycles. The molecule has 0 amide bonds. The maximum Gasteiger partial charge on any atom is 0.229 e. The molecule has 0 fully saturated rings. The SMILES string of the molecule is CCCOS(=O)(=O)[Si](C)(C)C. The molecule has 0 saturated carbocycles. The van der Waals surface area contributed by atoms with Gasteiger partial charge in [-0.3, -0.25) is 4.18 Å². The lowest BCUT2D eigenvalue weighted by Gasteiger charge is -2.15. The average molecular weight is 196 g/mol. The summed E-state index contributed by atoms with van der Waals surface area (Å²) in [5.41, 5.74) is 0. The minimum Gasteiger partial charge on any atom is -0.276 e. The summed E-state index contributed by atoms with van der Waals surface area (Å²) in [5.74, 6) is 0. The smallest absolute Gasteiger partial charge is 0.229 e. The Kier molecular flexibility index (Phi) is 3.73. The summed E-state index contributed by atoms with van der Waals surface area (Å²) >= 11 is 0. The van der Waals surface area contributed by atoms with Crippen molar-refractivity contribution in [2.24, 2.45) is 0 Å². The lowest BCUT2D eigenvalue weighted by atomic mass is 10.5. The fourth-order valence-electron chi connectivity index (χ4n) is 0.370. The molecule has 3 nitrogen and oxygen atoms in total. The molecule has 0 rings (SSSR count). The van der Waals surface area contributed by atoms with Gasteiger partial charge in [0.05, 0.1) is 6.61 Å². The zero-order valence-corrected chi connectivity index (χ0v) is 9.36. The molecule has 0 unspecified atom stereocenters. The van der Waals surface area contributed by atoms with Crippen molar-refractivity contribution >= 4 is 16.8 Å². The maximum atomic E-state index is 11.3. The summed E-state index contributed by atoms with van der Waals surface area (Å²) in [6.45, 7) is 7.49. The molecular formula is C6H16O3SSi. The Morgan fingerprint density at radius 2 is 1.73 bits per heavy atom. The molecule has 0 heterocycles. The van der Waals surface area contributed by atoms with Gasteiger partial charge in [0.15, 0.2) is 0 Å². The molecular weight excluding hydrogens is 180 g/mol. The van der Waals surface area contributed by atoms with Crippen molar-refractivity contribution < 1.29 is 12.6 Å². The van der Waals surface area contributed by atoms with Crippen LogP contribution in [0.25, 0.3) is 0 Å². The van der Waals surface area contributed by atoms with Crippen molar-refractivity contribution in [3.05, 3.63) is 0 Å². The second-order valence-corrected chi connectivity index (χ2v) is 13.9. The van der Waals surface area contributed by atoms with Crippen LogP contribution in [0.15, 0.2) is 0 Å². The van der Waals surface area contributed by atoms with Crippen LogP contribution < -0.4 is 0 Å². The molecule has 0 spiro atoms. The minimum atomic E-state index is -3.22.